The summed E-state index contributed by atoms with van der Waals surface area (Å²) in [5.74, 6) is 0.0513. The maximum Gasteiger partial charge on any atom is 0.235 e. The zero-order valence-corrected chi connectivity index (χ0v) is 13.6. The predicted octanol–water partition coefficient (Wildman–Crippen LogP) is 4.39. The van der Waals surface area contributed by atoms with Crippen molar-refractivity contribution in [2.75, 3.05) is 5.32 Å². The molecule has 0 spiro atoms. The molecule has 1 fully saturated rings. The molecule has 4 nitrogen and oxygen atoms in total. The van der Waals surface area contributed by atoms with Crippen molar-refractivity contribution in [2.24, 2.45) is 0 Å². The molecule has 122 valence electrons. The highest BCUT2D eigenvalue weighted by Gasteiger charge is 2.52. The van der Waals surface area contributed by atoms with Gasteiger partial charge in [-0.15, -0.1) is 0 Å². The van der Waals surface area contributed by atoms with E-state index < -0.39 is 5.41 Å². The quantitative estimate of drug-likeness (QED) is 0.586. The standard InChI is InChI=1S/C21H17N3O/c25-20(24-18-9-3-5-14-6-4-12-22-19(14)18)21(10-11-21)16-13-23-17-8-2-1-7-15(16)17/h1-9,12-13,23H,10-11H2,(H,24,25). The second-order valence-electron chi connectivity index (χ2n) is 6.66. The first-order valence-electron chi connectivity index (χ1n) is 8.50. The van der Waals surface area contributed by atoms with Crippen LogP contribution in [0.15, 0.2) is 67.0 Å². The van der Waals surface area contributed by atoms with Gasteiger partial charge in [0.05, 0.1) is 16.6 Å². The Morgan fingerprint density at radius 3 is 2.76 bits per heavy atom. The van der Waals surface area contributed by atoms with E-state index in [1.807, 2.05) is 54.7 Å². The number of carbonyl (C=O) groups excluding carboxylic acids is 1. The minimum Gasteiger partial charge on any atom is -0.361 e. The second kappa shape index (κ2) is 5.18. The van der Waals surface area contributed by atoms with E-state index in [0.29, 0.717) is 0 Å². The normalized spacial score (nSPS) is 15.4. The topological polar surface area (TPSA) is 57.8 Å². The number of carbonyl (C=O) groups is 1. The largest absolute Gasteiger partial charge is 0.361 e. The Hall–Kier alpha value is -3.14. The zero-order valence-electron chi connectivity index (χ0n) is 13.6. The van der Waals surface area contributed by atoms with E-state index in [9.17, 15) is 4.79 Å². The number of nitrogens with one attached hydrogen (secondary N) is 2. The van der Waals surface area contributed by atoms with Crippen LogP contribution in [-0.2, 0) is 10.2 Å². The van der Waals surface area contributed by atoms with Crippen molar-refractivity contribution in [2.45, 2.75) is 18.3 Å². The summed E-state index contributed by atoms with van der Waals surface area (Å²) >= 11 is 0. The van der Waals surface area contributed by atoms with Gasteiger partial charge in [0.2, 0.25) is 5.91 Å². The number of pyridine rings is 1. The van der Waals surface area contributed by atoms with Crippen LogP contribution < -0.4 is 5.32 Å². The average Bonchev–Trinajstić information content (AvgIpc) is 3.35. The lowest BCUT2D eigenvalue weighted by molar-refractivity contribution is -0.118. The molecule has 2 aromatic carbocycles. The first-order valence-corrected chi connectivity index (χ1v) is 8.50. The van der Waals surface area contributed by atoms with Crippen LogP contribution in [0.2, 0.25) is 0 Å². The molecule has 25 heavy (non-hydrogen) atoms. The van der Waals surface area contributed by atoms with E-state index in [2.05, 4.69) is 21.4 Å². The highest BCUT2D eigenvalue weighted by molar-refractivity contribution is 6.08. The van der Waals surface area contributed by atoms with Crippen LogP contribution in [0.25, 0.3) is 21.8 Å². The third kappa shape index (κ3) is 2.14. The number of hydrogen-bond acceptors (Lipinski definition) is 2. The second-order valence-corrected chi connectivity index (χ2v) is 6.66. The monoisotopic (exact) mass is 327 g/mol. The Morgan fingerprint density at radius 1 is 1.04 bits per heavy atom. The van der Waals surface area contributed by atoms with E-state index in [1.54, 1.807) is 6.20 Å². The molecule has 1 amide bonds. The number of benzene rings is 2. The molecule has 4 heteroatoms. The van der Waals surface area contributed by atoms with E-state index >= 15 is 0 Å². The summed E-state index contributed by atoms with van der Waals surface area (Å²) in [5.41, 5.74) is 3.33. The molecule has 0 atom stereocenters. The Balaban J connectivity index is 1.54. The third-order valence-electron chi connectivity index (χ3n) is 5.17. The lowest BCUT2D eigenvalue weighted by atomic mass is 9.94. The van der Waals surface area contributed by atoms with Gasteiger partial charge in [0.1, 0.15) is 0 Å². The first-order chi connectivity index (χ1) is 12.3. The molecule has 0 unspecified atom stereocenters. The van der Waals surface area contributed by atoms with Crippen molar-refractivity contribution >= 4 is 33.4 Å². The highest BCUT2D eigenvalue weighted by atomic mass is 16.2. The van der Waals surface area contributed by atoms with Gasteiger partial charge in [0.25, 0.3) is 0 Å². The fraction of sp³-hybridized carbons (Fsp3) is 0.143. The molecule has 2 heterocycles. The minimum absolute atomic E-state index is 0.0513. The van der Waals surface area contributed by atoms with Crippen LogP contribution in [0.5, 0.6) is 0 Å². The summed E-state index contributed by atoms with van der Waals surface area (Å²) in [7, 11) is 0. The molecular formula is C21H17N3O. The fourth-order valence-corrected chi connectivity index (χ4v) is 3.66. The first kappa shape index (κ1) is 14.2. The van der Waals surface area contributed by atoms with Crippen molar-refractivity contribution in [3.63, 3.8) is 0 Å². The number of amides is 1. The molecule has 0 saturated heterocycles. The Kier molecular flexibility index (Phi) is 2.95. The fourth-order valence-electron chi connectivity index (χ4n) is 3.66. The van der Waals surface area contributed by atoms with Crippen LogP contribution >= 0.6 is 0 Å². The van der Waals surface area contributed by atoms with Gasteiger partial charge >= 0.3 is 0 Å². The van der Waals surface area contributed by atoms with Gasteiger partial charge in [0.15, 0.2) is 0 Å². The summed E-state index contributed by atoms with van der Waals surface area (Å²) in [6, 6.07) is 17.9. The van der Waals surface area contributed by atoms with Crippen molar-refractivity contribution < 1.29 is 4.79 Å². The molecule has 0 radical (unpaired) electrons. The molecule has 1 saturated carbocycles. The summed E-state index contributed by atoms with van der Waals surface area (Å²) in [6.45, 7) is 0. The van der Waals surface area contributed by atoms with Gasteiger partial charge in [-0.25, -0.2) is 0 Å². The number of nitrogens with zero attached hydrogens (tertiary/aromatic N) is 1. The van der Waals surface area contributed by atoms with Crippen molar-refractivity contribution in [1.29, 1.82) is 0 Å². The summed E-state index contributed by atoms with van der Waals surface area (Å²) in [4.78, 5) is 20.8. The van der Waals surface area contributed by atoms with Crippen LogP contribution in [0, 0.1) is 0 Å². The Bertz CT molecular complexity index is 1100. The Morgan fingerprint density at radius 2 is 1.88 bits per heavy atom. The minimum atomic E-state index is -0.434. The molecule has 1 aliphatic carbocycles. The van der Waals surface area contributed by atoms with Crippen LogP contribution in [0.3, 0.4) is 0 Å². The molecular weight excluding hydrogens is 310 g/mol. The van der Waals surface area contributed by atoms with Gasteiger partial charge in [0, 0.05) is 28.7 Å². The molecule has 2 N–H and O–H groups in total. The number of aromatic amines is 1. The van der Waals surface area contributed by atoms with Crippen molar-refractivity contribution in [3.8, 4) is 0 Å². The number of H-pyrrole nitrogens is 1. The smallest absolute Gasteiger partial charge is 0.235 e. The van der Waals surface area contributed by atoms with E-state index in [4.69, 9.17) is 0 Å². The van der Waals surface area contributed by atoms with Crippen LogP contribution in [0.4, 0.5) is 5.69 Å². The van der Waals surface area contributed by atoms with Crippen LogP contribution in [-0.4, -0.2) is 15.9 Å². The van der Waals surface area contributed by atoms with E-state index in [0.717, 1.165) is 45.9 Å². The van der Waals surface area contributed by atoms with Gasteiger partial charge < -0.3 is 10.3 Å². The Labute approximate surface area is 144 Å². The number of anilines is 1. The molecule has 0 bridgehead atoms. The van der Waals surface area contributed by atoms with Gasteiger partial charge in [-0.05, 0) is 36.6 Å². The lowest BCUT2D eigenvalue weighted by Gasteiger charge is -2.16. The van der Waals surface area contributed by atoms with E-state index in [1.165, 1.54) is 0 Å². The van der Waals surface area contributed by atoms with Crippen LogP contribution in [0.1, 0.15) is 18.4 Å². The molecule has 0 aliphatic heterocycles. The SMILES string of the molecule is O=C(Nc1cccc2cccnc12)C1(c2c[nH]c3ccccc23)CC1. The predicted molar refractivity (Wildman–Crippen MR) is 99.6 cm³/mol. The summed E-state index contributed by atoms with van der Waals surface area (Å²) in [5, 5.41) is 5.28. The maximum atomic E-state index is 13.1. The molecule has 5 rings (SSSR count). The van der Waals surface area contributed by atoms with Gasteiger partial charge in [-0.2, -0.15) is 0 Å². The number of hydrogen-bond donors (Lipinski definition) is 2. The lowest BCUT2D eigenvalue weighted by Crippen LogP contribution is -2.27. The van der Waals surface area contributed by atoms with Crippen molar-refractivity contribution in [3.05, 3.63) is 72.6 Å². The molecule has 4 aromatic rings. The third-order valence-corrected chi connectivity index (χ3v) is 5.17. The summed E-state index contributed by atoms with van der Waals surface area (Å²) < 4.78 is 0. The number of aromatic nitrogens is 2. The number of rotatable bonds is 3. The number of fused-ring (bicyclic) bond motifs is 2. The molecule has 2 aromatic heterocycles. The maximum absolute atomic E-state index is 13.1. The highest BCUT2D eigenvalue weighted by Crippen LogP contribution is 2.51. The zero-order chi connectivity index (χ0) is 16.9. The van der Waals surface area contributed by atoms with Gasteiger partial charge in [-0.3, -0.25) is 9.78 Å². The summed E-state index contributed by atoms with van der Waals surface area (Å²) in [6.07, 6.45) is 5.49. The number of para-hydroxylation sites is 2. The van der Waals surface area contributed by atoms with Crippen molar-refractivity contribution in [1.82, 2.24) is 9.97 Å². The molecule has 1 aliphatic rings. The average molecular weight is 327 g/mol. The van der Waals surface area contributed by atoms with Gasteiger partial charge in [-0.1, -0.05) is 36.4 Å². The van der Waals surface area contributed by atoms with E-state index in [-0.39, 0.29) is 5.91 Å².